The summed E-state index contributed by atoms with van der Waals surface area (Å²) < 4.78 is 11.5. The summed E-state index contributed by atoms with van der Waals surface area (Å²) in [5, 5.41) is 8.48. The van der Waals surface area contributed by atoms with Gasteiger partial charge in [-0.25, -0.2) is 4.98 Å². The first-order valence-corrected chi connectivity index (χ1v) is 12.4. The summed E-state index contributed by atoms with van der Waals surface area (Å²) in [6.45, 7) is 3.68. The fourth-order valence-electron chi connectivity index (χ4n) is 3.70. The number of ether oxygens (including phenoxy) is 2. The predicted molar refractivity (Wildman–Crippen MR) is 125 cm³/mol. The van der Waals surface area contributed by atoms with E-state index >= 15 is 0 Å². The lowest BCUT2D eigenvalue weighted by Gasteiger charge is -2.07. The van der Waals surface area contributed by atoms with Crippen molar-refractivity contribution >= 4 is 0 Å². The van der Waals surface area contributed by atoms with E-state index in [0.717, 1.165) is 36.6 Å². The molecule has 5 nitrogen and oxygen atoms in total. The number of unbranched alkanes of at least 4 members (excludes halogenated alkanes) is 8. The van der Waals surface area contributed by atoms with Gasteiger partial charge >= 0.3 is 0 Å². The zero-order valence-electron chi connectivity index (χ0n) is 19.2. The largest absolute Gasteiger partial charge is 0.478 e. The molecule has 0 saturated heterocycles. The third-order valence-electron chi connectivity index (χ3n) is 5.87. The molecule has 1 aliphatic carbocycles. The lowest BCUT2D eigenvalue weighted by molar-refractivity contribution is 0.290. The zero-order valence-corrected chi connectivity index (χ0v) is 19.2. The smallest absolute Gasteiger partial charge is 0.233 e. The topological polar surface area (TPSA) is 57.1 Å². The number of nitrogens with zero attached hydrogens (tertiary/aromatic N) is 3. The first-order valence-electron chi connectivity index (χ1n) is 12.4. The summed E-state index contributed by atoms with van der Waals surface area (Å²) in [5.74, 6) is 2.31. The Morgan fingerprint density at radius 1 is 0.742 bits per heavy atom. The van der Waals surface area contributed by atoms with Crippen LogP contribution >= 0.6 is 0 Å². The average molecular weight is 426 g/mol. The Bertz CT molecular complexity index is 714. The van der Waals surface area contributed by atoms with Crippen molar-refractivity contribution in [1.82, 2.24) is 15.2 Å². The highest BCUT2D eigenvalue weighted by atomic mass is 16.5. The van der Waals surface area contributed by atoms with Gasteiger partial charge in [-0.2, -0.15) is 0 Å². The second-order valence-electron chi connectivity index (χ2n) is 8.75. The van der Waals surface area contributed by atoms with Crippen molar-refractivity contribution in [3.63, 3.8) is 0 Å². The lowest BCUT2D eigenvalue weighted by Crippen LogP contribution is -2.01. The molecule has 5 heteroatoms. The van der Waals surface area contributed by atoms with E-state index in [1.807, 2.05) is 24.3 Å². The Morgan fingerprint density at radius 3 is 2.06 bits per heavy atom. The van der Waals surface area contributed by atoms with Gasteiger partial charge in [0.2, 0.25) is 11.8 Å². The number of rotatable bonds is 17. The Hall–Kier alpha value is -2.17. The molecule has 3 rings (SSSR count). The molecular formula is C26H39N3O2. The maximum Gasteiger partial charge on any atom is 0.233 e. The van der Waals surface area contributed by atoms with E-state index in [2.05, 4.69) is 22.1 Å². The summed E-state index contributed by atoms with van der Waals surface area (Å²) in [5.41, 5.74) is 1.73. The second-order valence-corrected chi connectivity index (χ2v) is 8.75. The molecule has 0 N–H and O–H groups in total. The van der Waals surface area contributed by atoms with Crippen molar-refractivity contribution in [3.05, 3.63) is 30.5 Å². The number of hydrogen-bond donors (Lipinski definition) is 0. The van der Waals surface area contributed by atoms with Crippen LogP contribution in [0.15, 0.2) is 30.5 Å². The van der Waals surface area contributed by atoms with Crippen molar-refractivity contribution in [2.45, 2.75) is 90.4 Å². The first-order chi connectivity index (χ1) is 15.3. The zero-order chi connectivity index (χ0) is 21.6. The number of pyridine rings is 1. The number of aromatic nitrogens is 3. The van der Waals surface area contributed by atoms with Gasteiger partial charge in [0.1, 0.15) is 0 Å². The molecule has 0 atom stereocenters. The Morgan fingerprint density at radius 2 is 1.42 bits per heavy atom. The SMILES string of the molecule is CCCCCCCCOc1ccc(-c2ccc(OCCCCCCC3CC3)nc2)nn1. The highest BCUT2D eigenvalue weighted by Gasteiger charge is 2.19. The van der Waals surface area contributed by atoms with Gasteiger partial charge < -0.3 is 9.47 Å². The molecule has 0 aliphatic heterocycles. The third-order valence-corrected chi connectivity index (χ3v) is 5.87. The van der Waals surface area contributed by atoms with E-state index in [-0.39, 0.29) is 0 Å². The van der Waals surface area contributed by atoms with Crippen LogP contribution in [-0.2, 0) is 0 Å². The quantitative estimate of drug-likeness (QED) is 0.255. The summed E-state index contributed by atoms with van der Waals surface area (Å²) in [7, 11) is 0. The van der Waals surface area contributed by atoms with Crippen molar-refractivity contribution < 1.29 is 9.47 Å². The molecule has 0 bridgehead atoms. The van der Waals surface area contributed by atoms with Gasteiger partial charge in [0.25, 0.3) is 0 Å². The molecule has 170 valence electrons. The molecule has 1 aliphatic rings. The van der Waals surface area contributed by atoms with E-state index in [1.54, 1.807) is 6.20 Å². The molecule has 31 heavy (non-hydrogen) atoms. The minimum atomic E-state index is 0.586. The van der Waals surface area contributed by atoms with Crippen LogP contribution < -0.4 is 9.47 Å². The van der Waals surface area contributed by atoms with Gasteiger partial charge in [0.15, 0.2) is 0 Å². The van der Waals surface area contributed by atoms with Gasteiger partial charge in [0.05, 0.1) is 18.9 Å². The minimum Gasteiger partial charge on any atom is -0.478 e. The van der Waals surface area contributed by atoms with E-state index in [9.17, 15) is 0 Å². The molecule has 0 spiro atoms. The van der Waals surface area contributed by atoms with Crippen LogP contribution in [0.3, 0.4) is 0 Å². The second kappa shape index (κ2) is 14.0. The molecule has 0 radical (unpaired) electrons. The van der Waals surface area contributed by atoms with Gasteiger partial charge in [0, 0.05) is 23.9 Å². The van der Waals surface area contributed by atoms with Gasteiger partial charge in [-0.3, -0.25) is 0 Å². The van der Waals surface area contributed by atoms with Crippen LogP contribution in [-0.4, -0.2) is 28.4 Å². The van der Waals surface area contributed by atoms with Crippen LogP contribution in [0, 0.1) is 5.92 Å². The normalized spacial score (nSPS) is 13.3. The summed E-state index contributed by atoms with van der Waals surface area (Å²) in [6, 6.07) is 7.71. The molecular weight excluding hydrogens is 386 g/mol. The van der Waals surface area contributed by atoms with Crippen LogP contribution in [0.25, 0.3) is 11.3 Å². The lowest BCUT2D eigenvalue weighted by atomic mass is 10.1. The summed E-state index contributed by atoms with van der Waals surface area (Å²) in [4.78, 5) is 4.41. The van der Waals surface area contributed by atoms with Gasteiger partial charge in [-0.1, -0.05) is 77.6 Å². The summed E-state index contributed by atoms with van der Waals surface area (Å²) >= 11 is 0. The number of hydrogen-bond acceptors (Lipinski definition) is 5. The molecule has 0 unspecified atom stereocenters. The fourth-order valence-corrected chi connectivity index (χ4v) is 3.70. The van der Waals surface area contributed by atoms with Crippen molar-refractivity contribution in [2.24, 2.45) is 5.92 Å². The molecule has 0 amide bonds. The molecule has 1 saturated carbocycles. The molecule has 2 aromatic rings. The Kier molecular flexibility index (Phi) is 10.6. The van der Waals surface area contributed by atoms with Crippen LogP contribution in [0.4, 0.5) is 0 Å². The maximum atomic E-state index is 5.77. The standard InChI is InChI=1S/C26H39N3O2/c1-2-3-4-5-7-10-20-31-26-18-16-24(28-29-26)23-15-17-25(27-21-23)30-19-11-8-6-9-12-22-13-14-22/h15-18,21-22H,2-14,19-20H2,1H3. The maximum absolute atomic E-state index is 5.77. The monoisotopic (exact) mass is 425 g/mol. The van der Waals surface area contributed by atoms with E-state index in [1.165, 1.54) is 70.6 Å². The minimum absolute atomic E-state index is 0.586. The average Bonchev–Trinajstić information content (AvgIpc) is 3.63. The van der Waals surface area contributed by atoms with Gasteiger partial charge in [-0.05, 0) is 30.9 Å². The third kappa shape index (κ3) is 9.67. The van der Waals surface area contributed by atoms with Crippen molar-refractivity contribution in [3.8, 4) is 23.0 Å². The predicted octanol–water partition coefficient (Wildman–Crippen LogP) is 7.02. The Balaban J connectivity index is 1.29. The van der Waals surface area contributed by atoms with Crippen LogP contribution in [0.2, 0.25) is 0 Å². The first kappa shape index (κ1) is 23.5. The molecule has 2 aromatic heterocycles. The van der Waals surface area contributed by atoms with Crippen molar-refractivity contribution in [1.29, 1.82) is 0 Å². The Labute approximate surface area is 188 Å². The van der Waals surface area contributed by atoms with Crippen LogP contribution in [0.5, 0.6) is 11.8 Å². The van der Waals surface area contributed by atoms with E-state index in [0.29, 0.717) is 18.4 Å². The van der Waals surface area contributed by atoms with E-state index in [4.69, 9.17) is 9.47 Å². The molecule has 2 heterocycles. The van der Waals surface area contributed by atoms with Gasteiger partial charge in [-0.15, -0.1) is 10.2 Å². The molecule has 1 fully saturated rings. The fraction of sp³-hybridized carbons (Fsp3) is 0.654. The van der Waals surface area contributed by atoms with E-state index < -0.39 is 0 Å². The highest BCUT2D eigenvalue weighted by Crippen LogP contribution is 2.34. The van der Waals surface area contributed by atoms with Crippen molar-refractivity contribution in [2.75, 3.05) is 13.2 Å². The van der Waals surface area contributed by atoms with Crippen LogP contribution in [0.1, 0.15) is 90.4 Å². The highest BCUT2D eigenvalue weighted by molar-refractivity contribution is 5.57. The summed E-state index contributed by atoms with van der Waals surface area (Å²) in [6.07, 6.45) is 18.7. The molecule has 0 aromatic carbocycles.